The number of nitrogens with zero attached hydrogens (tertiary/aromatic N) is 1. The Morgan fingerprint density at radius 1 is 1.11 bits per heavy atom. The second kappa shape index (κ2) is 9.16. The van der Waals surface area contributed by atoms with Crippen LogP contribution in [0.25, 0.3) is 0 Å². The van der Waals surface area contributed by atoms with Crippen molar-refractivity contribution in [3.63, 3.8) is 0 Å². The fraction of sp³-hybridized carbons (Fsp3) is 0.435. The molecule has 4 nitrogen and oxygen atoms in total. The molecule has 2 N–H and O–H groups in total. The largest absolute Gasteiger partial charge is 0.387 e. The number of aliphatic hydroxyl groups excluding tert-OH is 1. The van der Waals surface area contributed by atoms with E-state index in [0.29, 0.717) is 12.5 Å². The van der Waals surface area contributed by atoms with Gasteiger partial charge in [-0.25, -0.2) is 0 Å². The fourth-order valence-electron chi connectivity index (χ4n) is 3.63. The van der Waals surface area contributed by atoms with Gasteiger partial charge in [0.2, 0.25) is 5.91 Å². The normalized spacial score (nSPS) is 17.0. The summed E-state index contributed by atoms with van der Waals surface area (Å²) in [5, 5.41) is 13.4. The van der Waals surface area contributed by atoms with Crippen molar-refractivity contribution in [2.45, 2.75) is 38.7 Å². The van der Waals surface area contributed by atoms with Gasteiger partial charge in [-0.3, -0.25) is 4.79 Å². The second-order valence-corrected chi connectivity index (χ2v) is 7.77. The zero-order valence-electron chi connectivity index (χ0n) is 16.3. The molecule has 1 unspecified atom stereocenters. The molecule has 1 fully saturated rings. The summed E-state index contributed by atoms with van der Waals surface area (Å²) in [5.41, 5.74) is 3.15. The summed E-state index contributed by atoms with van der Waals surface area (Å²) in [6.45, 7) is 6.45. The van der Waals surface area contributed by atoms with E-state index in [2.05, 4.69) is 22.3 Å². The van der Waals surface area contributed by atoms with Crippen LogP contribution in [-0.4, -0.2) is 35.5 Å². The van der Waals surface area contributed by atoms with Crippen molar-refractivity contribution >= 4 is 11.6 Å². The Hall–Kier alpha value is -2.17. The summed E-state index contributed by atoms with van der Waals surface area (Å²) in [6.07, 6.45) is 1.71. The molecule has 144 valence electrons. The van der Waals surface area contributed by atoms with Gasteiger partial charge in [-0.15, -0.1) is 0 Å². The molecular formula is C23H30N2O2. The maximum absolute atomic E-state index is 11.9. The predicted molar refractivity (Wildman–Crippen MR) is 110 cm³/mol. The van der Waals surface area contributed by atoms with E-state index in [1.807, 2.05) is 56.3 Å². The molecule has 1 atom stereocenters. The van der Waals surface area contributed by atoms with Gasteiger partial charge in [0, 0.05) is 18.2 Å². The van der Waals surface area contributed by atoms with E-state index >= 15 is 0 Å². The van der Waals surface area contributed by atoms with Crippen LogP contribution in [0.2, 0.25) is 0 Å². The van der Waals surface area contributed by atoms with E-state index in [-0.39, 0.29) is 11.8 Å². The van der Waals surface area contributed by atoms with Gasteiger partial charge in [-0.2, -0.15) is 0 Å². The molecule has 1 saturated heterocycles. The first kappa shape index (κ1) is 19.6. The Labute approximate surface area is 162 Å². The molecule has 2 aromatic rings. The molecule has 1 aliphatic heterocycles. The van der Waals surface area contributed by atoms with Gasteiger partial charge < -0.3 is 15.3 Å². The number of hydrogen-bond acceptors (Lipinski definition) is 3. The standard InChI is InChI=1S/C23H30N2O2/c1-17(2)23(27)24-21-10-6-9-20(15-21)18-11-13-25(14-12-18)16-22(26)19-7-4-3-5-8-19/h3-10,15,17-18,22,26H,11-14,16H2,1-2H3,(H,24,27). The third-order valence-corrected chi connectivity index (χ3v) is 5.35. The molecule has 4 heteroatoms. The lowest BCUT2D eigenvalue weighted by molar-refractivity contribution is -0.118. The van der Waals surface area contributed by atoms with Gasteiger partial charge in [0.25, 0.3) is 0 Å². The van der Waals surface area contributed by atoms with Crippen molar-refractivity contribution < 1.29 is 9.90 Å². The predicted octanol–water partition coefficient (Wildman–Crippen LogP) is 4.19. The third kappa shape index (κ3) is 5.41. The third-order valence-electron chi connectivity index (χ3n) is 5.35. The van der Waals surface area contributed by atoms with Crippen LogP contribution in [0.3, 0.4) is 0 Å². The molecule has 1 amide bonds. The zero-order valence-corrected chi connectivity index (χ0v) is 16.3. The quantitative estimate of drug-likeness (QED) is 0.806. The maximum atomic E-state index is 11.9. The average Bonchev–Trinajstić information content (AvgIpc) is 2.69. The van der Waals surface area contributed by atoms with E-state index in [0.717, 1.165) is 37.2 Å². The molecular weight excluding hydrogens is 336 g/mol. The van der Waals surface area contributed by atoms with Gasteiger partial charge in [-0.1, -0.05) is 56.3 Å². The Balaban J connectivity index is 1.54. The van der Waals surface area contributed by atoms with E-state index < -0.39 is 6.10 Å². The van der Waals surface area contributed by atoms with Gasteiger partial charge in [0.15, 0.2) is 0 Å². The molecule has 1 heterocycles. The molecule has 27 heavy (non-hydrogen) atoms. The van der Waals surface area contributed by atoms with Crippen molar-refractivity contribution in [1.29, 1.82) is 0 Å². The molecule has 0 aromatic heterocycles. The van der Waals surface area contributed by atoms with Crippen LogP contribution in [0.5, 0.6) is 0 Å². The van der Waals surface area contributed by atoms with Crippen LogP contribution in [0.1, 0.15) is 49.8 Å². The summed E-state index contributed by atoms with van der Waals surface area (Å²) in [4.78, 5) is 14.3. The molecule has 3 rings (SSSR count). The highest BCUT2D eigenvalue weighted by molar-refractivity contribution is 5.92. The van der Waals surface area contributed by atoms with Crippen molar-refractivity contribution in [3.05, 3.63) is 65.7 Å². The SMILES string of the molecule is CC(C)C(=O)Nc1cccc(C2CCN(CC(O)c3ccccc3)CC2)c1. The number of likely N-dealkylation sites (tertiary alicyclic amines) is 1. The molecule has 0 spiro atoms. The first-order valence-electron chi connectivity index (χ1n) is 9.89. The number of aliphatic hydroxyl groups is 1. The second-order valence-electron chi connectivity index (χ2n) is 7.77. The van der Waals surface area contributed by atoms with E-state index in [9.17, 15) is 9.90 Å². The van der Waals surface area contributed by atoms with Crippen molar-refractivity contribution in [2.75, 3.05) is 25.0 Å². The summed E-state index contributed by atoms with van der Waals surface area (Å²) in [7, 11) is 0. The molecule has 0 radical (unpaired) electrons. The molecule has 0 aliphatic carbocycles. The van der Waals surface area contributed by atoms with Crippen molar-refractivity contribution in [1.82, 2.24) is 4.90 Å². The van der Waals surface area contributed by atoms with E-state index in [1.54, 1.807) is 0 Å². The van der Waals surface area contributed by atoms with Gasteiger partial charge in [0.05, 0.1) is 6.10 Å². The monoisotopic (exact) mass is 366 g/mol. The highest BCUT2D eigenvalue weighted by atomic mass is 16.3. The van der Waals surface area contributed by atoms with Crippen LogP contribution < -0.4 is 5.32 Å². The van der Waals surface area contributed by atoms with Crippen LogP contribution >= 0.6 is 0 Å². The number of benzene rings is 2. The molecule has 1 aliphatic rings. The first-order valence-corrected chi connectivity index (χ1v) is 9.89. The highest BCUT2D eigenvalue weighted by Crippen LogP contribution is 2.30. The number of carbonyl (C=O) groups excluding carboxylic acids is 1. The lowest BCUT2D eigenvalue weighted by Gasteiger charge is -2.33. The van der Waals surface area contributed by atoms with E-state index in [4.69, 9.17) is 0 Å². The summed E-state index contributed by atoms with van der Waals surface area (Å²) in [6, 6.07) is 18.1. The minimum Gasteiger partial charge on any atom is -0.387 e. The van der Waals surface area contributed by atoms with Crippen molar-refractivity contribution in [2.24, 2.45) is 5.92 Å². The number of carbonyl (C=O) groups is 1. The Kier molecular flexibility index (Phi) is 6.64. The van der Waals surface area contributed by atoms with Gasteiger partial charge >= 0.3 is 0 Å². The smallest absolute Gasteiger partial charge is 0.226 e. The Morgan fingerprint density at radius 2 is 1.81 bits per heavy atom. The number of amides is 1. The Morgan fingerprint density at radius 3 is 2.48 bits per heavy atom. The minimum absolute atomic E-state index is 0.0204. The van der Waals surface area contributed by atoms with Gasteiger partial charge in [0.1, 0.15) is 0 Å². The molecule has 0 bridgehead atoms. The van der Waals surface area contributed by atoms with Crippen LogP contribution in [0, 0.1) is 5.92 Å². The Bertz CT molecular complexity index is 737. The maximum Gasteiger partial charge on any atom is 0.226 e. The van der Waals surface area contributed by atoms with Crippen LogP contribution in [-0.2, 0) is 4.79 Å². The highest BCUT2D eigenvalue weighted by Gasteiger charge is 2.23. The zero-order chi connectivity index (χ0) is 19.2. The number of β-amino-alcohol motifs (C(OH)–C–C–N with tert-alkyl or cyclic N) is 1. The summed E-state index contributed by atoms with van der Waals surface area (Å²) in [5.74, 6) is 0.538. The lowest BCUT2D eigenvalue weighted by atomic mass is 9.89. The number of rotatable bonds is 6. The van der Waals surface area contributed by atoms with Crippen LogP contribution in [0.4, 0.5) is 5.69 Å². The lowest BCUT2D eigenvalue weighted by Crippen LogP contribution is -2.36. The summed E-state index contributed by atoms with van der Waals surface area (Å²) >= 11 is 0. The fourth-order valence-corrected chi connectivity index (χ4v) is 3.63. The average molecular weight is 367 g/mol. The number of anilines is 1. The minimum atomic E-state index is -0.433. The van der Waals surface area contributed by atoms with Crippen molar-refractivity contribution in [3.8, 4) is 0 Å². The topological polar surface area (TPSA) is 52.6 Å². The number of nitrogens with one attached hydrogen (secondary N) is 1. The van der Waals surface area contributed by atoms with Gasteiger partial charge in [-0.05, 0) is 55.1 Å². The van der Waals surface area contributed by atoms with E-state index in [1.165, 1.54) is 5.56 Å². The number of piperidine rings is 1. The number of hydrogen-bond donors (Lipinski definition) is 2. The molecule has 2 aromatic carbocycles. The summed E-state index contributed by atoms with van der Waals surface area (Å²) < 4.78 is 0. The van der Waals surface area contributed by atoms with Crippen LogP contribution in [0.15, 0.2) is 54.6 Å². The molecule has 0 saturated carbocycles. The first-order chi connectivity index (χ1) is 13.0.